The number of benzene rings is 2. The van der Waals surface area contributed by atoms with Gasteiger partial charge in [0.15, 0.2) is 17.2 Å². The molecular formula is C24H16F2N2O3S2. The van der Waals surface area contributed by atoms with Crippen LogP contribution in [-0.2, 0) is 10.0 Å². The minimum absolute atomic E-state index is 0.0369. The number of fused-ring (bicyclic) bond motifs is 1. The second kappa shape index (κ2) is 7.79. The lowest BCUT2D eigenvalue weighted by molar-refractivity contribution is 0.430. The number of aryl methyl sites for hydroxylation is 1. The molecule has 5 rings (SSSR count). The fraction of sp³-hybridized carbons (Fsp3) is 0.0417. The smallest absolute Gasteiger partial charge is 0.269 e. The summed E-state index contributed by atoms with van der Waals surface area (Å²) in [5, 5.41) is 14.5. The summed E-state index contributed by atoms with van der Waals surface area (Å²) in [4.78, 5) is 4.42. The van der Waals surface area contributed by atoms with Gasteiger partial charge < -0.3 is 5.11 Å². The Morgan fingerprint density at radius 3 is 2.45 bits per heavy atom. The molecule has 0 atom stereocenters. The summed E-state index contributed by atoms with van der Waals surface area (Å²) in [7, 11) is -4.08. The number of hydrogen-bond acceptors (Lipinski definition) is 5. The summed E-state index contributed by atoms with van der Waals surface area (Å²) in [5.41, 5.74) is 2.51. The monoisotopic (exact) mass is 482 g/mol. The molecule has 3 aromatic heterocycles. The number of pyridine rings is 1. The molecular weight excluding hydrogens is 466 g/mol. The average Bonchev–Trinajstić information content (AvgIpc) is 3.45. The Labute approximate surface area is 192 Å². The highest BCUT2D eigenvalue weighted by Crippen LogP contribution is 2.40. The van der Waals surface area contributed by atoms with Crippen LogP contribution in [0.5, 0.6) is 5.75 Å². The Morgan fingerprint density at radius 1 is 1.00 bits per heavy atom. The first-order valence-electron chi connectivity index (χ1n) is 9.80. The number of rotatable bonds is 4. The van der Waals surface area contributed by atoms with Crippen LogP contribution in [0.3, 0.4) is 0 Å². The molecule has 0 amide bonds. The number of aromatic hydroxyl groups is 1. The number of aromatic nitrogens is 2. The predicted octanol–water partition coefficient (Wildman–Crippen LogP) is 5.96. The fourth-order valence-electron chi connectivity index (χ4n) is 3.66. The lowest BCUT2D eigenvalue weighted by Crippen LogP contribution is -2.12. The number of nitrogens with zero attached hydrogens (tertiary/aromatic N) is 2. The average molecular weight is 483 g/mol. The molecule has 5 aromatic rings. The lowest BCUT2D eigenvalue weighted by atomic mass is 10.0. The quantitative estimate of drug-likeness (QED) is 0.343. The molecule has 0 aliphatic rings. The molecule has 0 aliphatic heterocycles. The zero-order valence-corrected chi connectivity index (χ0v) is 18.8. The van der Waals surface area contributed by atoms with Crippen LogP contribution in [0.2, 0.25) is 0 Å². The van der Waals surface area contributed by atoms with E-state index in [1.54, 1.807) is 24.4 Å². The van der Waals surface area contributed by atoms with E-state index in [0.717, 1.165) is 21.2 Å². The molecule has 0 bridgehead atoms. The zero-order chi connectivity index (χ0) is 23.3. The van der Waals surface area contributed by atoms with Crippen LogP contribution in [0.25, 0.3) is 33.3 Å². The SMILES string of the molecule is Cc1ccc(S(=O)(=O)n2cc(-c3cc(F)cc(F)c3O)c3cc(-c4ccsc4)cnc32)cc1. The molecule has 0 spiro atoms. The molecule has 0 saturated carbocycles. The van der Waals surface area contributed by atoms with Gasteiger partial charge in [0.2, 0.25) is 0 Å². The van der Waals surface area contributed by atoms with Crippen LogP contribution in [0, 0.1) is 18.6 Å². The van der Waals surface area contributed by atoms with E-state index in [4.69, 9.17) is 0 Å². The highest BCUT2D eigenvalue weighted by atomic mass is 32.2. The maximum Gasteiger partial charge on any atom is 0.269 e. The van der Waals surface area contributed by atoms with Gasteiger partial charge in [-0.2, -0.15) is 11.3 Å². The number of halogens is 2. The Hall–Kier alpha value is -3.56. The summed E-state index contributed by atoms with van der Waals surface area (Å²) in [6.45, 7) is 1.84. The molecule has 0 saturated heterocycles. The van der Waals surface area contributed by atoms with Crippen molar-refractivity contribution in [2.75, 3.05) is 0 Å². The molecule has 166 valence electrons. The summed E-state index contributed by atoms with van der Waals surface area (Å²) in [6, 6.07) is 11.4. The van der Waals surface area contributed by atoms with Crippen molar-refractivity contribution >= 4 is 32.4 Å². The normalized spacial score (nSPS) is 11.8. The summed E-state index contributed by atoms with van der Waals surface area (Å²) in [6.07, 6.45) is 2.78. The van der Waals surface area contributed by atoms with E-state index in [0.29, 0.717) is 17.0 Å². The maximum atomic E-state index is 14.1. The van der Waals surface area contributed by atoms with Gasteiger partial charge in [-0.05, 0) is 53.6 Å². The second-order valence-electron chi connectivity index (χ2n) is 7.55. The summed E-state index contributed by atoms with van der Waals surface area (Å²) in [5.74, 6) is -2.82. The number of phenols is 1. The van der Waals surface area contributed by atoms with Crippen molar-refractivity contribution in [1.29, 1.82) is 0 Å². The third-order valence-electron chi connectivity index (χ3n) is 5.36. The van der Waals surface area contributed by atoms with Crippen molar-refractivity contribution in [2.24, 2.45) is 0 Å². The van der Waals surface area contributed by atoms with E-state index in [-0.39, 0.29) is 21.7 Å². The van der Waals surface area contributed by atoms with Crippen molar-refractivity contribution in [3.8, 4) is 28.0 Å². The third kappa shape index (κ3) is 3.59. The van der Waals surface area contributed by atoms with Gasteiger partial charge in [-0.1, -0.05) is 17.7 Å². The molecule has 0 fully saturated rings. The molecule has 3 heterocycles. The molecule has 0 unspecified atom stereocenters. The number of phenolic OH excluding ortho intramolecular Hbond substituents is 1. The van der Waals surface area contributed by atoms with Gasteiger partial charge in [0.25, 0.3) is 10.0 Å². The molecule has 2 aromatic carbocycles. The van der Waals surface area contributed by atoms with E-state index >= 15 is 0 Å². The van der Waals surface area contributed by atoms with Crippen LogP contribution in [-0.4, -0.2) is 22.5 Å². The molecule has 9 heteroatoms. The minimum Gasteiger partial charge on any atom is -0.504 e. The first-order valence-corrected chi connectivity index (χ1v) is 12.2. The Balaban J connectivity index is 1.83. The Bertz CT molecular complexity index is 1610. The minimum atomic E-state index is -4.08. The van der Waals surface area contributed by atoms with Gasteiger partial charge in [0, 0.05) is 40.5 Å². The number of hydrogen-bond donors (Lipinski definition) is 1. The van der Waals surface area contributed by atoms with Gasteiger partial charge >= 0.3 is 0 Å². The maximum absolute atomic E-state index is 14.1. The lowest BCUT2D eigenvalue weighted by Gasteiger charge is -2.07. The summed E-state index contributed by atoms with van der Waals surface area (Å²) >= 11 is 1.49. The zero-order valence-electron chi connectivity index (χ0n) is 17.2. The van der Waals surface area contributed by atoms with Gasteiger partial charge in [0.05, 0.1) is 4.90 Å². The molecule has 33 heavy (non-hydrogen) atoms. The van der Waals surface area contributed by atoms with Crippen LogP contribution in [0.4, 0.5) is 8.78 Å². The largest absolute Gasteiger partial charge is 0.504 e. The highest BCUT2D eigenvalue weighted by molar-refractivity contribution is 7.90. The van der Waals surface area contributed by atoms with E-state index in [1.165, 1.54) is 29.7 Å². The van der Waals surface area contributed by atoms with E-state index < -0.39 is 27.4 Å². The van der Waals surface area contributed by atoms with Crippen LogP contribution < -0.4 is 0 Å². The Kier molecular flexibility index (Phi) is 5.02. The van der Waals surface area contributed by atoms with Crippen molar-refractivity contribution in [3.05, 3.63) is 88.9 Å². The first kappa shape index (κ1) is 21.3. The van der Waals surface area contributed by atoms with Gasteiger partial charge in [-0.25, -0.2) is 26.2 Å². The van der Waals surface area contributed by atoms with E-state index in [2.05, 4.69) is 4.98 Å². The highest BCUT2D eigenvalue weighted by Gasteiger charge is 2.25. The fourth-order valence-corrected chi connectivity index (χ4v) is 5.65. The van der Waals surface area contributed by atoms with Gasteiger partial charge in [0.1, 0.15) is 5.82 Å². The van der Waals surface area contributed by atoms with Gasteiger partial charge in [-0.15, -0.1) is 0 Å². The van der Waals surface area contributed by atoms with Crippen LogP contribution in [0.15, 0.2) is 76.6 Å². The molecule has 1 N–H and O–H groups in total. The van der Waals surface area contributed by atoms with Crippen molar-refractivity contribution in [3.63, 3.8) is 0 Å². The van der Waals surface area contributed by atoms with Crippen molar-refractivity contribution in [2.45, 2.75) is 11.8 Å². The standard InChI is InChI=1S/C24H16F2N2O3S2/c1-14-2-4-18(5-3-14)33(30,31)28-12-21(19-9-17(25)10-22(26)23(19)29)20-8-16(11-27-24(20)28)15-6-7-32-13-15/h2-13,29H,1H3. The van der Waals surface area contributed by atoms with E-state index in [1.807, 2.05) is 23.8 Å². The van der Waals surface area contributed by atoms with Crippen molar-refractivity contribution < 1.29 is 22.3 Å². The molecule has 0 radical (unpaired) electrons. The third-order valence-corrected chi connectivity index (χ3v) is 7.71. The number of thiophene rings is 1. The summed E-state index contributed by atoms with van der Waals surface area (Å²) < 4.78 is 56.1. The first-order chi connectivity index (χ1) is 15.8. The molecule has 0 aliphatic carbocycles. The van der Waals surface area contributed by atoms with Crippen LogP contribution in [0.1, 0.15) is 5.56 Å². The van der Waals surface area contributed by atoms with Gasteiger partial charge in [-0.3, -0.25) is 0 Å². The van der Waals surface area contributed by atoms with E-state index in [9.17, 15) is 22.3 Å². The van der Waals surface area contributed by atoms with Crippen molar-refractivity contribution in [1.82, 2.24) is 8.96 Å². The topological polar surface area (TPSA) is 72.2 Å². The predicted molar refractivity (Wildman–Crippen MR) is 124 cm³/mol. The Morgan fingerprint density at radius 2 is 1.76 bits per heavy atom. The van der Waals surface area contributed by atoms with Crippen LogP contribution >= 0.6 is 11.3 Å². The molecule has 5 nitrogen and oxygen atoms in total. The second-order valence-corrected chi connectivity index (χ2v) is 10.1.